The SMILES string of the molecule is COc1ccccc1-c1scnc1B1OC(C)(C)C(C)(C)O1. The smallest absolute Gasteiger partial charge is 0.496 e. The summed E-state index contributed by atoms with van der Waals surface area (Å²) in [4.78, 5) is 5.52. The monoisotopic (exact) mass is 317 g/mol. The quantitative estimate of drug-likeness (QED) is 0.816. The van der Waals surface area contributed by atoms with Gasteiger partial charge in [0, 0.05) is 5.56 Å². The molecule has 1 saturated heterocycles. The molecular weight excluding hydrogens is 297 g/mol. The number of methoxy groups -OCH3 is 1. The predicted octanol–water partition coefficient (Wildman–Crippen LogP) is 3.12. The molecule has 3 rings (SSSR count). The maximum absolute atomic E-state index is 6.13. The minimum absolute atomic E-state index is 0.376. The Hall–Kier alpha value is -1.37. The number of rotatable bonds is 3. The standard InChI is InChI=1S/C16H20BNO3S/c1-15(2)16(3,4)21-17(20-15)14-13(22-10-18-14)11-8-6-7-9-12(11)19-5/h6-10H,1-5H3. The highest BCUT2D eigenvalue weighted by Gasteiger charge is 2.53. The van der Waals surface area contributed by atoms with Gasteiger partial charge in [-0.2, -0.15) is 0 Å². The van der Waals surface area contributed by atoms with Gasteiger partial charge in [-0.25, -0.2) is 0 Å². The van der Waals surface area contributed by atoms with E-state index in [0.29, 0.717) is 0 Å². The average molecular weight is 317 g/mol. The average Bonchev–Trinajstić information content (AvgIpc) is 3.02. The van der Waals surface area contributed by atoms with Crippen LogP contribution in [0.25, 0.3) is 10.4 Å². The largest absolute Gasteiger partial charge is 0.516 e. The van der Waals surface area contributed by atoms with E-state index in [4.69, 9.17) is 14.0 Å². The van der Waals surface area contributed by atoms with E-state index < -0.39 is 7.12 Å². The van der Waals surface area contributed by atoms with Crippen molar-refractivity contribution >= 4 is 24.0 Å². The molecule has 1 aromatic carbocycles. The van der Waals surface area contributed by atoms with Gasteiger partial charge in [0.25, 0.3) is 0 Å². The van der Waals surface area contributed by atoms with Crippen LogP contribution in [0.4, 0.5) is 0 Å². The van der Waals surface area contributed by atoms with E-state index >= 15 is 0 Å². The van der Waals surface area contributed by atoms with Crippen molar-refractivity contribution < 1.29 is 14.0 Å². The molecule has 2 heterocycles. The van der Waals surface area contributed by atoms with Crippen LogP contribution in [-0.4, -0.2) is 30.4 Å². The molecule has 2 aromatic rings. The van der Waals surface area contributed by atoms with Crippen LogP contribution in [0.1, 0.15) is 27.7 Å². The van der Waals surface area contributed by atoms with E-state index in [-0.39, 0.29) is 11.2 Å². The van der Waals surface area contributed by atoms with Crippen LogP contribution in [-0.2, 0) is 9.31 Å². The van der Waals surface area contributed by atoms with Crippen LogP contribution in [0.5, 0.6) is 5.75 Å². The third kappa shape index (κ3) is 2.45. The van der Waals surface area contributed by atoms with Crippen molar-refractivity contribution in [3.05, 3.63) is 29.8 Å². The van der Waals surface area contributed by atoms with Gasteiger partial charge in [-0.15, -0.1) is 11.3 Å². The highest BCUT2D eigenvalue weighted by Crippen LogP contribution is 2.38. The molecule has 0 unspecified atom stereocenters. The second-order valence-corrected chi connectivity index (χ2v) is 7.21. The third-order valence-electron chi connectivity index (χ3n) is 4.42. The van der Waals surface area contributed by atoms with E-state index in [1.54, 1.807) is 18.4 Å². The van der Waals surface area contributed by atoms with Crippen molar-refractivity contribution in [2.75, 3.05) is 7.11 Å². The molecule has 116 valence electrons. The molecule has 0 atom stereocenters. The van der Waals surface area contributed by atoms with Crippen molar-refractivity contribution in [3.8, 4) is 16.2 Å². The van der Waals surface area contributed by atoms with Gasteiger partial charge in [-0.3, -0.25) is 4.98 Å². The lowest BCUT2D eigenvalue weighted by molar-refractivity contribution is 0.00578. The van der Waals surface area contributed by atoms with Gasteiger partial charge >= 0.3 is 7.12 Å². The second-order valence-electron chi connectivity index (χ2n) is 6.36. The number of benzene rings is 1. The fourth-order valence-corrected chi connectivity index (χ4v) is 3.25. The van der Waals surface area contributed by atoms with Crippen LogP contribution in [0.3, 0.4) is 0 Å². The zero-order chi connectivity index (χ0) is 16.0. The molecule has 1 fully saturated rings. The number of aromatic nitrogens is 1. The number of hydrogen-bond acceptors (Lipinski definition) is 5. The summed E-state index contributed by atoms with van der Waals surface area (Å²) in [5, 5.41) is 0. The summed E-state index contributed by atoms with van der Waals surface area (Å²) in [5.41, 5.74) is 2.89. The Morgan fingerprint density at radius 2 is 1.73 bits per heavy atom. The molecule has 22 heavy (non-hydrogen) atoms. The molecule has 0 saturated carbocycles. The lowest BCUT2D eigenvalue weighted by Crippen LogP contribution is -2.41. The minimum atomic E-state index is -0.462. The van der Waals surface area contributed by atoms with Crippen LogP contribution >= 0.6 is 11.3 Å². The van der Waals surface area contributed by atoms with Crippen molar-refractivity contribution in [1.29, 1.82) is 0 Å². The summed E-state index contributed by atoms with van der Waals surface area (Å²) in [6.45, 7) is 8.18. The molecular formula is C16H20BNO3S. The molecule has 0 radical (unpaired) electrons. The molecule has 0 aliphatic carbocycles. The van der Waals surface area contributed by atoms with Gasteiger partial charge in [0.15, 0.2) is 0 Å². The summed E-state index contributed by atoms with van der Waals surface area (Å²) in [5.74, 6) is 0.824. The van der Waals surface area contributed by atoms with Gasteiger partial charge < -0.3 is 14.0 Å². The molecule has 0 N–H and O–H groups in total. The number of nitrogens with zero attached hydrogens (tertiary/aromatic N) is 1. The minimum Gasteiger partial charge on any atom is -0.496 e. The zero-order valence-electron chi connectivity index (χ0n) is 13.5. The Morgan fingerprint density at radius 1 is 1.09 bits per heavy atom. The zero-order valence-corrected chi connectivity index (χ0v) is 14.4. The van der Waals surface area contributed by atoms with Gasteiger partial charge in [0.2, 0.25) is 0 Å². The first-order valence-corrected chi connectivity index (χ1v) is 8.16. The van der Waals surface area contributed by atoms with Crippen molar-refractivity contribution in [1.82, 2.24) is 4.98 Å². The Kier molecular flexibility index (Phi) is 3.79. The predicted molar refractivity (Wildman–Crippen MR) is 89.8 cm³/mol. The lowest BCUT2D eigenvalue weighted by atomic mass is 9.82. The maximum atomic E-state index is 6.13. The second kappa shape index (κ2) is 5.37. The summed E-state index contributed by atoms with van der Waals surface area (Å²) >= 11 is 1.57. The first kappa shape index (κ1) is 15.5. The van der Waals surface area contributed by atoms with Crippen LogP contribution in [0.2, 0.25) is 0 Å². The summed E-state index contributed by atoms with van der Waals surface area (Å²) in [6.07, 6.45) is 0. The van der Waals surface area contributed by atoms with Crippen molar-refractivity contribution in [3.63, 3.8) is 0 Å². The summed E-state index contributed by atoms with van der Waals surface area (Å²) < 4.78 is 17.7. The molecule has 0 spiro atoms. The van der Waals surface area contributed by atoms with Crippen LogP contribution < -0.4 is 10.3 Å². The highest BCUT2D eigenvalue weighted by atomic mass is 32.1. The van der Waals surface area contributed by atoms with E-state index in [1.807, 2.05) is 57.5 Å². The van der Waals surface area contributed by atoms with E-state index in [9.17, 15) is 0 Å². The van der Waals surface area contributed by atoms with E-state index in [1.165, 1.54) is 0 Å². The molecule has 6 heteroatoms. The molecule has 4 nitrogen and oxygen atoms in total. The van der Waals surface area contributed by atoms with Crippen LogP contribution in [0.15, 0.2) is 29.8 Å². The number of ether oxygens (including phenoxy) is 1. The Labute approximate surface area is 135 Å². The molecule has 0 bridgehead atoms. The molecule has 0 amide bonds. The fraction of sp³-hybridized carbons (Fsp3) is 0.438. The molecule has 1 aliphatic heterocycles. The lowest BCUT2D eigenvalue weighted by Gasteiger charge is -2.32. The van der Waals surface area contributed by atoms with Crippen molar-refractivity contribution in [2.45, 2.75) is 38.9 Å². The third-order valence-corrected chi connectivity index (χ3v) is 5.30. The topological polar surface area (TPSA) is 40.6 Å². The first-order valence-electron chi connectivity index (χ1n) is 7.28. The van der Waals surface area contributed by atoms with Gasteiger partial charge in [0.05, 0.1) is 34.3 Å². The van der Waals surface area contributed by atoms with Crippen molar-refractivity contribution in [2.24, 2.45) is 0 Å². The van der Waals surface area contributed by atoms with E-state index in [0.717, 1.165) is 21.8 Å². The fourth-order valence-electron chi connectivity index (χ4n) is 2.41. The Morgan fingerprint density at radius 3 is 2.36 bits per heavy atom. The number of thiazole rings is 1. The molecule has 1 aliphatic rings. The Bertz CT molecular complexity index is 668. The number of para-hydroxylation sites is 1. The molecule has 1 aromatic heterocycles. The maximum Gasteiger partial charge on any atom is 0.516 e. The first-order chi connectivity index (χ1) is 10.4. The van der Waals surface area contributed by atoms with Crippen LogP contribution in [0, 0.1) is 0 Å². The summed E-state index contributed by atoms with van der Waals surface area (Å²) in [6, 6.07) is 7.92. The number of hydrogen-bond donors (Lipinski definition) is 0. The van der Waals surface area contributed by atoms with E-state index in [2.05, 4.69) is 4.98 Å². The van der Waals surface area contributed by atoms with Gasteiger partial charge in [-0.05, 0) is 39.8 Å². The van der Waals surface area contributed by atoms with Gasteiger partial charge in [0.1, 0.15) is 5.75 Å². The highest BCUT2D eigenvalue weighted by molar-refractivity contribution is 7.14. The van der Waals surface area contributed by atoms with Gasteiger partial charge in [-0.1, -0.05) is 12.1 Å². The Balaban J connectivity index is 2.01. The normalized spacial score (nSPS) is 19.4. The summed E-state index contributed by atoms with van der Waals surface area (Å²) in [7, 11) is 1.21.